The number of benzene rings is 2. The number of nitrogens with zero attached hydrogens (tertiary/aromatic N) is 2. The van der Waals surface area contributed by atoms with Crippen LogP contribution in [0.15, 0.2) is 53.6 Å². The summed E-state index contributed by atoms with van der Waals surface area (Å²) in [5.41, 5.74) is -0.0949. The van der Waals surface area contributed by atoms with Gasteiger partial charge in [-0.05, 0) is 30.7 Å². The van der Waals surface area contributed by atoms with E-state index in [9.17, 15) is 22.0 Å². The molecule has 2 aromatic carbocycles. The Balaban J connectivity index is 1.96. The Morgan fingerprint density at radius 3 is 2.33 bits per heavy atom. The Kier molecular flexibility index (Phi) is 4.79. The van der Waals surface area contributed by atoms with Crippen molar-refractivity contribution in [3.05, 3.63) is 71.6 Å². The van der Waals surface area contributed by atoms with E-state index in [1.54, 1.807) is 19.1 Å². The van der Waals surface area contributed by atoms with Crippen LogP contribution in [-0.2, 0) is 17.1 Å². The standard InChI is InChI=1S/C18H15F2N3O3S/c1-11-6-3-4-9-15(11)27(25,26)22-18(24)14-10-21-17(23(14)2)16-12(19)7-5-8-13(16)20/h3-10H,1-2H3,(H,22,24). The van der Waals surface area contributed by atoms with Gasteiger partial charge in [0.05, 0.1) is 16.7 Å². The lowest BCUT2D eigenvalue weighted by Crippen LogP contribution is -2.32. The van der Waals surface area contributed by atoms with Gasteiger partial charge in [-0.15, -0.1) is 0 Å². The number of nitrogens with one attached hydrogen (secondary N) is 1. The minimum Gasteiger partial charge on any atom is -0.323 e. The monoisotopic (exact) mass is 391 g/mol. The lowest BCUT2D eigenvalue weighted by atomic mass is 10.2. The molecule has 0 aliphatic carbocycles. The summed E-state index contributed by atoms with van der Waals surface area (Å²) in [5, 5.41) is 0. The van der Waals surface area contributed by atoms with Crippen LogP contribution in [0.4, 0.5) is 8.78 Å². The van der Waals surface area contributed by atoms with Crippen LogP contribution >= 0.6 is 0 Å². The van der Waals surface area contributed by atoms with Crippen molar-refractivity contribution >= 4 is 15.9 Å². The van der Waals surface area contributed by atoms with E-state index in [0.29, 0.717) is 5.56 Å². The van der Waals surface area contributed by atoms with Gasteiger partial charge >= 0.3 is 0 Å². The number of aryl methyl sites for hydroxylation is 1. The molecule has 0 saturated heterocycles. The van der Waals surface area contributed by atoms with E-state index in [0.717, 1.165) is 22.9 Å². The molecule has 27 heavy (non-hydrogen) atoms. The summed E-state index contributed by atoms with van der Waals surface area (Å²) in [6.07, 6.45) is 1.06. The van der Waals surface area contributed by atoms with Gasteiger partial charge < -0.3 is 4.57 Å². The molecule has 0 aliphatic heterocycles. The fourth-order valence-electron chi connectivity index (χ4n) is 2.65. The van der Waals surface area contributed by atoms with Gasteiger partial charge in [0.25, 0.3) is 15.9 Å². The number of hydrogen-bond acceptors (Lipinski definition) is 4. The second-order valence-electron chi connectivity index (χ2n) is 5.82. The predicted molar refractivity (Wildman–Crippen MR) is 94.4 cm³/mol. The highest BCUT2D eigenvalue weighted by Crippen LogP contribution is 2.25. The first kappa shape index (κ1) is 18.7. The SMILES string of the molecule is Cc1ccccc1S(=O)(=O)NC(=O)c1cnc(-c2c(F)cccc2F)n1C. The van der Waals surface area contributed by atoms with E-state index in [-0.39, 0.29) is 16.4 Å². The summed E-state index contributed by atoms with van der Waals surface area (Å²) >= 11 is 0. The van der Waals surface area contributed by atoms with Crippen LogP contribution < -0.4 is 4.72 Å². The molecule has 1 aromatic heterocycles. The predicted octanol–water partition coefficient (Wildman–Crippen LogP) is 2.79. The molecular weight excluding hydrogens is 376 g/mol. The van der Waals surface area contributed by atoms with E-state index >= 15 is 0 Å². The summed E-state index contributed by atoms with van der Waals surface area (Å²) in [5.74, 6) is -2.79. The first-order chi connectivity index (χ1) is 12.7. The molecule has 1 amide bonds. The molecule has 0 saturated carbocycles. The molecule has 0 radical (unpaired) electrons. The molecule has 0 atom stereocenters. The van der Waals surface area contributed by atoms with E-state index in [1.807, 2.05) is 4.72 Å². The maximum absolute atomic E-state index is 14.0. The zero-order valence-electron chi connectivity index (χ0n) is 14.4. The smallest absolute Gasteiger partial charge is 0.283 e. The summed E-state index contributed by atoms with van der Waals surface area (Å²) < 4.78 is 55.9. The highest BCUT2D eigenvalue weighted by molar-refractivity contribution is 7.90. The number of imidazole rings is 1. The normalized spacial score (nSPS) is 11.4. The summed E-state index contributed by atoms with van der Waals surface area (Å²) in [6.45, 7) is 1.60. The van der Waals surface area contributed by atoms with E-state index in [2.05, 4.69) is 4.98 Å². The molecule has 1 heterocycles. The van der Waals surface area contributed by atoms with Crippen LogP contribution in [0.1, 0.15) is 16.1 Å². The van der Waals surface area contributed by atoms with E-state index in [1.165, 1.54) is 25.2 Å². The van der Waals surface area contributed by atoms with Gasteiger partial charge in [0.1, 0.15) is 23.2 Å². The van der Waals surface area contributed by atoms with Crippen molar-refractivity contribution in [3.8, 4) is 11.4 Å². The van der Waals surface area contributed by atoms with Gasteiger partial charge in [0.15, 0.2) is 0 Å². The van der Waals surface area contributed by atoms with Gasteiger partial charge in [0.2, 0.25) is 0 Å². The number of rotatable bonds is 4. The molecule has 3 rings (SSSR count). The lowest BCUT2D eigenvalue weighted by molar-refractivity contribution is 0.0973. The van der Waals surface area contributed by atoms with Crippen LogP contribution in [0, 0.1) is 18.6 Å². The number of carbonyl (C=O) groups excluding carboxylic acids is 1. The molecule has 1 N–H and O–H groups in total. The Morgan fingerprint density at radius 1 is 1.07 bits per heavy atom. The quantitative estimate of drug-likeness (QED) is 0.742. The van der Waals surface area contributed by atoms with Gasteiger partial charge in [-0.2, -0.15) is 0 Å². The molecule has 3 aromatic rings. The zero-order chi connectivity index (χ0) is 19.8. The molecule has 6 nitrogen and oxygen atoms in total. The topological polar surface area (TPSA) is 81.1 Å². The Morgan fingerprint density at radius 2 is 1.70 bits per heavy atom. The molecular formula is C18H15F2N3O3S. The van der Waals surface area contributed by atoms with E-state index in [4.69, 9.17) is 0 Å². The molecule has 0 aliphatic rings. The van der Waals surface area contributed by atoms with Crippen molar-refractivity contribution in [1.29, 1.82) is 0 Å². The molecule has 0 unspecified atom stereocenters. The molecule has 140 valence electrons. The maximum atomic E-state index is 14.0. The maximum Gasteiger partial charge on any atom is 0.283 e. The molecule has 9 heteroatoms. The summed E-state index contributed by atoms with van der Waals surface area (Å²) in [7, 11) is -2.75. The average molecular weight is 391 g/mol. The van der Waals surface area contributed by atoms with Gasteiger partial charge in [0, 0.05) is 7.05 Å². The van der Waals surface area contributed by atoms with Crippen LogP contribution in [0.5, 0.6) is 0 Å². The van der Waals surface area contributed by atoms with Crippen molar-refractivity contribution in [2.24, 2.45) is 7.05 Å². The largest absolute Gasteiger partial charge is 0.323 e. The van der Waals surface area contributed by atoms with Crippen molar-refractivity contribution in [1.82, 2.24) is 14.3 Å². The number of aromatic nitrogens is 2. The minimum absolute atomic E-state index is 0.0408. The third kappa shape index (κ3) is 3.45. The number of sulfonamides is 1. The second kappa shape index (κ2) is 6.92. The first-order valence-electron chi connectivity index (χ1n) is 7.81. The zero-order valence-corrected chi connectivity index (χ0v) is 15.2. The van der Waals surface area contributed by atoms with Gasteiger partial charge in [-0.25, -0.2) is 26.9 Å². The van der Waals surface area contributed by atoms with Crippen LogP contribution in [0.25, 0.3) is 11.4 Å². The van der Waals surface area contributed by atoms with Crippen molar-refractivity contribution in [2.75, 3.05) is 0 Å². The number of hydrogen-bond donors (Lipinski definition) is 1. The van der Waals surface area contributed by atoms with E-state index < -0.39 is 33.1 Å². The van der Waals surface area contributed by atoms with Crippen LogP contribution in [0.2, 0.25) is 0 Å². The van der Waals surface area contributed by atoms with Crippen LogP contribution in [0.3, 0.4) is 0 Å². The first-order valence-corrected chi connectivity index (χ1v) is 9.29. The minimum atomic E-state index is -4.12. The summed E-state index contributed by atoms with van der Waals surface area (Å²) in [6, 6.07) is 9.52. The fraction of sp³-hybridized carbons (Fsp3) is 0.111. The average Bonchev–Trinajstić information content (AvgIpc) is 2.96. The van der Waals surface area contributed by atoms with Crippen molar-refractivity contribution < 1.29 is 22.0 Å². The third-order valence-electron chi connectivity index (χ3n) is 4.02. The fourth-order valence-corrected chi connectivity index (χ4v) is 3.86. The van der Waals surface area contributed by atoms with Gasteiger partial charge in [-0.3, -0.25) is 4.79 Å². The lowest BCUT2D eigenvalue weighted by Gasteiger charge is -2.10. The molecule has 0 fully saturated rings. The molecule has 0 bridgehead atoms. The Bertz CT molecular complexity index is 1120. The molecule has 0 spiro atoms. The Hall–Kier alpha value is -3.07. The number of carbonyl (C=O) groups is 1. The number of halogens is 2. The number of amides is 1. The van der Waals surface area contributed by atoms with Gasteiger partial charge in [-0.1, -0.05) is 24.3 Å². The highest BCUT2D eigenvalue weighted by atomic mass is 32.2. The third-order valence-corrected chi connectivity index (χ3v) is 5.51. The van der Waals surface area contributed by atoms with Crippen molar-refractivity contribution in [2.45, 2.75) is 11.8 Å². The summed E-state index contributed by atoms with van der Waals surface area (Å²) in [4.78, 5) is 16.3. The van der Waals surface area contributed by atoms with Crippen LogP contribution in [-0.4, -0.2) is 23.9 Å². The highest BCUT2D eigenvalue weighted by Gasteiger charge is 2.24. The Labute approximate surface area is 154 Å². The second-order valence-corrected chi connectivity index (χ2v) is 7.47. The van der Waals surface area contributed by atoms with Crippen molar-refractivity contribution in [3.63, 3.8) is 0 Å².